The minimum absolute atomic E-state index is 0.0728. The summed E-state index contributed by atoms with van der Waals surface area (Å²) in [4.78, 5) is 20.9. The zero-order valence-electron chi connectivity index (χ0n) is 22.3. The third-order valence-corrected chi connectivity index (χ3v) is 12.1. The number of carbonyl (C=O) groups excluding carboxylic acids is 1. The van der Waals surface area contributed by atoms with Crippen LogP contribution in [0.1, 0.15) is 62.6 Å². The van der Waals surface area contributed by atoms with Gasteiger partial charge in [0.05, 0.1) is 12.4 Å². The monoisotopic (exact) mass is 538 g/mol. The van der Waals surface area contributed by atoms with Gasteiger partial charge in [0.1, 0.15) is 11.2 Å². The number of nitrogens with two attached hydrogens (primary N) is 1. The Morgan fingerprint density at radius 3 is 2.49 bits per heavy atom. The number of fused-ring (bicyclic) bond motifs is 1. The van der Waals surface area contributed by atoms with Crippen LogP contribution in [0.2, 0.25) is 23.2 Å². The lowest BCUT2D eigenvalue weighted by molar-refractivity contribution is 0.0996. The van der Waals surface area contributed by atoms with E-state index in [1.165, 1.54) is 0 Å². The van der Waals surface area contributed by atoms with Crippen molar-refractivity contribution in [1.82, 2.24) is 14.5 Å². The van der Waals surface area contributed by atoms with Gasteiger partial charge in [0, 0.05) is 28.5 Å². The van der Waals surface area contributed by atoms with E-state index in [0.29, 0.717) is 16.5 Å². The van der Waals surface area contributed by atoms with Crippen LogP contribution < -0.4 is 5.73 Å². The third kappa shape index (κ3) is 5.97. The number of para-hydroxylation sites is 1. The van der Waals surface area contributed by atoms with Gasteiger partial charge in [-0.3, -0.25) is 4.79 Å². The van der Waals surface area contributed by atoms with Crippen LogP contribution in [0.3, 0.4) is 0 Å². The molecule has 4 aromatic rings. The number of amides is 1. The van der Waals surface area contributed by atoms with E-state index in [1.807, 2.05) is 47.0 Å². The van der Waals surface area contributed by atoms with Crippen LogP contribution in [-0.2, 0) is 4.43 Å². The Balaban J connectivity index is 1.69. The fourth-order valence-corrected chi connectivity index (χ4v) is 5.79. The number of halogens is 1. The Kier molecular flexibility index (Phi) is 7.64. The summed E-state index contributed by atoms with van der Waals surface area (Å²) >= 11 is 6.06. The zero-order chi connectivity index (χ0) is 27.0. The van der Waals surface area contributed by atoms with Crippen molar-refractivity contribution in [3.05, 3.63) is 71.3 Å². The SMILES string of the molecule is C[C@@H](CCC(c1cccc2oc(-c3ccc(Cl)cc3)nc12)n1cnc(C(N)=O)c1)O[Si](C)(C)C(C)(C)C. The molecule has 0 spiro atoms. The Bertz CT molecular complexity index is 1390. The first-order chi connectivity index (χ1) is 17.4. The van der Waals surface area contributed by atoms with E-state index < -0.39 is 14.2 Å². The van der Waals surface area contributed by atoms with Crippen LogP contribution in [0.4, 0.5) is 0 Å². The highest BCUT2D eigenvalue weighted by atomic mass is 35.5. The molecule has 1 unspecified atom stereocenters. The maximum atomic E-state index is 11.8. The van der Waals surface area contributed by atoms with E-state index in [-0.39, 0.29) is 22.9 Å². The molecule has 9 heteroatoms. The van der Waals surface area contributed by atoms with Crippen molar-refractivity contribution >= 4 is 36.9 Å². The number of hydrogen-bond donors (Lipinski definition) is 1. The smallest absolute Gasteiger partial charge is 0.268 e. The highest BCUT2D eigenvalue weighted by molar-refractivity contribution is 6.74. The molecule has 0 saturated heterocycles. The van der Waals surface area contributed by atoms with Crippen molar-refractivity contribution in [3.63, 3.8) is 0 Å². The molecule has 0 aliphatic rings. The molecule has 0 aliphatic heterocycles. The van der Waals surface area contributed by atoms with Gasteiger partial charge in [0.15, 0.2) is 13.9 Å². The van der Waals surface area contributed by atoms with Gasteiger partial charge in [0.2, 0.25) is 5.89 Å². The molecule has 0 aliphatic carbocycles. The first kappa shape index (κ1) is 27.1. The first-order valence-electron chi connectivity index (χ1n) is 12.5. The van der Waals surface area contributed by atoms with Gasteiger partial charge in [-0.2, -0.15) is 0 Å². The van der Waals surface area contributed by atoms with Crippen LogP contribution >= 0.6 is 11.6 Å². The molecular weight excluding hydrogens is 504 g/mol. The lowest BCUT2D eigenvalue weighted by atomic mass is 9.99. The van der Waals surface area contributed by atoms with Crippen LogP contribution in [0.15, 0.2) is 59.4 Å². The molecule has 7 nitrogen and oxygen atoms in total. The summed E-state index contributed by atoms with van der Waals surface area (Å²) in [5.74, 6) is -0.0345. The van der Waals surface area contributed by atoms with E-state index in [9.17, 15) is 4.79 Å². The van der Waals surface area contributed by atoms with E-state index in [1.54, 1.807) is 12.5 Å². The lowest BCUT2D eigenvalue weighted by Crippen LogP contribution is -2.43. The molecule has 2 atom stereocenters. The number of nitrogens with zero attached hydrogens (tertiary/aromatic N) is 3. The molecule has 0 saturated carbocycles. The fourth-order valence-electron chi connectivity index (χ4n) is 4.19. The minimum atomic E-state index is -1.91. The normalized spacial score (nSPS) is 14.1. The second-order valence-electron chi connectivity index (χ2n) is 11.1. The number of benzene rings is 2. The number of primary amides is 1. The molecule has 196 valence electrons. The molecular formula is C28H35ClN4O3Si. The first-order valence-corrected chi connectivity index (χ1v) is 15.8. The summed E-state index contributed by atoms with van der Waals surface area (Å²) in [6.45, 7) is 13.4. The van der Waals surface area contributed by atoms with Gasteiger partial charge < -0.3 is 19.1 Å². The number of hydrogen-bond acceptors (Lipinski definition) is 5. The second-order valence-corrected chi connectivity index (χ2v) is 16.3. The molecule has 2 aromatic carbocycles. The number of oxazole rings is 1. The number of carbonyl (C=O) groups is 1. The Hall–Kier alpha value is -2.94. The highest BCUT2D eigenvalue weighted by Crippen LogP contribution is 2.39. The standard InChI is InChI=1S/C28H35ClN4O3Si/c1-18(36-37(5,6)28(2,3)4)10-15-23(33-16-22(26(30)34)31-17-33)21-8-7-9-24-25(21)32-27(35-24)19-11-13-20(29)14-12-19/h7-9,11-14,16-18,23H,10,15H2,1-6H3,(H2,30,34)/t18-,23?/m0/s1. The highest BCUT2D eigenvalue weighted by Gasteiger charge is 2.38. The average molecular weight is 539 g/mol. The molecule has 2 heterocycles. The zero-order valence-corrected chi connectivity index (χ0v) is 24.0. The van der Waals surface area contributed by atoms with Gasteiger partial charge in [-0.1, -0.05) is 44.5 Å². The summed E-state index contributed by atoms with van der Waals surface area (Å²) in [6, 6.07) is 13.2. The van der Waals surface area contributed by atoms with Crippen molar-refractivity contribution in [2.45, 2.75) is 70.8 Å². The summed E-state index contributed by atoms with van der Waals surface area (Å²) in [5.41, 5.74) is 9.01. The molecule has 0 fully saturated rings. The van der Waals surface area contributed by atoms with Gasteiger partial charge >= 0.3 is 0 Å². The molecule has 37 heavy (non-hydrogen) atoms. The van der Waals surface area contributed by atoms with E-state index >= 15 is 0 Å². The summed E-state index contributed by atoms with van der Waals surface area (Å²) in [6.07, 6.45) is 5.00. The molecule has 0 bridgehead atoms. The van der Waals surface area contributed by atoms with Gasteiger partial charge in [-0.05, 0) is 68.2 Å². The Morgan fingerprint density at radius 2 is 1.86 bits per heavy atom. The van der Waals surface area contributed by atoms with Crippen molar-refractivity contribution in [2.75, 3.05) is 0 Å². The number of aromatic nitrogens is 3. The molecule has 0 radical (unpaired) electrons. The molecule has 2 aromatic heterocycles. The summed E-state index contributed by atoms with van der Waals surface area (Å²) in [5, 5.41) is 0.784. The quantitative estimate of drug-likeness (QED) is 0.227. The molecule has 1 amide bonds. The van der Waals surface area contributed by atoms with Crippen LogP contribution in [0.25, 0.3) is 22.6 Å². The fraction of sp³-hybridized carbons (Fsp3) is 0.393. The van der Waals surface area contributed by atoms with Crippen LogP contribution in [-0.4, -0.2) is 34.9 Å². The molecule has 4 rings (SSSR count). The largest absolute Gasteiger partial charge is 0.436 e. The molecule has 2 N–H and O–H groups in total. The number of rotatable bonds is 9. The van der Waals surface area contributed by atoms with Gasteiger partial charge in [0.25, 0.3) is 5.91 Å². The Labute approximate surface area is 224 Å². The van der Waals surface area contributed by atoms with Crippen LogP contribution in [0.5, 0.6) is 0 Å². The predicted octanol–water partition coefficient (Wildman–Crippen LogP) is 7.22. The summed E-state index contributed by atoms with van der Waals surface area (Å²) < 4.78 is 14.7. The second kappa shape index (κ2) is 10.4. The van der Waals surface area contributed by atoms with Crippen molar-refractivity contribution in [2.24, 2.45) is 5.73 Å². The van der Waals surface area contributed by atoms with Crippen LogP contribution in [0, 0.1) is 0 Å². The van der Waals surface area contributed by atoms with Crippen molar-refractivity contribution in [3.8, 4) is 11.5 Å². The number of imidazole rings is 1. The minimum Gasteiger partial charge on any atom is -0.436 e. The van der Waals surface area contributed by atoms with Crippen molar-refractivity contribution < 1.29 is 13.6 Å². The Morgan fingerprint density at radius 1 is 1.16 bits per heavy atom. The lowest BCUT2D eigenvalue weighted by Gasteiger charge is -2.38. The topological polar surface area (TPSA) is 96.2 Å². The average Bonchev–Trinajstić information content (AvgIpc) is 3.47. The van der Waals surface area contributed by atoms with Gasteiger partial charge in [-0.25, -0.2) is 9.97 Å². The third-order valence-electron chi connectivity index (χ3n) is 7.26. The maximum Gasteiger partial charge on any atom is 0.268 e. The van der Waals surface area contributed by atoms with E-state index in [0.717, 1.165) is 29.5 Å². The van der Waals surface area contributed by atoms with Crippen molar-refractivity contribution in [1.29, 1.82) is 0 Å². The van der Waals surface area contributed by atoms with E-state index in [4.69, 9.17) is 31.2 Å². The van der Waals surface area contributed by atoms with Gasteiger partial charge in [-0.15, -0.1) is 0 Å². The predicted molar refractivity (Wildman–Crippen MR) is 150 cm³/mol. The van der Waals surface area contributed by atoms with E-state index in [2.05, 4.69) is 45.8 Å². The maximum absolute atomic E-state index is 11.8. The summed E-state index contributed by atoms with van der Waals surface area (Å²) in [7, 11) is -1.91.